The molecule has 1 amide bonds. The maximum Gasteiger partial charge on any atom is 0.341 e. The van der Waals surface area contributed by atoms with Crippen molar-refractivity contribution in [1.82, 2.24) is 0 Å². The molecule has 0 bridgehead atoms. The van der Waals surface area contributed by atoms with Crippen LogP contribution in [-0.2, 0) is 9.53 Å². The van der Waals surface area contributed by atoms with Gasteiger partial charge in [0.2, 0.25) is 5.91 Å². The van der Waals surface area contributed by atoms with E-state index in [1.807, 2.05) is 0 Å². The summed E-state index contributed by atoms with van der Waals surface area (Å²) < 4.78 is 5.19. The summed E-state index contributed by atoms with van der Waals surface area (Å²) in [4.78, 5) is 35.6. The van der Waals surface area contributed by atoms with Crippen LogP contribution in [0.25, 0.3) is 11.1 Å². The first-order chi connectivity index (χ1) is 13.5. The molecule has 1 fully saturated rings. The fraction of sp³-hybridized carbons (Fsp3) is 0.400. The Hall–Kier alpha value is -2.74. The number of nitrogens with one attached hydrogen (secondary N) is 1. The molecule has 1 aromatic heterocycles. The third-order valence-corrected chi connectivity index (χ3v) is 5.77. The Morgan fingerprint density at radius 2 is 1.89 bits per heavy atom. The fourth-order valence-corrected chi connectivity index (χ4v) is 4.37. The first-order valence-electron chi connectivity index (χ1n) is 9.35. The summed E-state index contributed by atoms with van der Waals surface area (Å²) in [6, 6.07) is 5.97. The number of rotatable bonds is 6. The maximum atomic E-state index is 12.6. The van der Waals surface area contributed by atoms with Crippen molar-refractivity contribution < 1.29 is 19.2 Å². The second kappa shape index (κ2) is 8.97. The van der Waals surface area contributed by atoms with Crippen molar-refractivity contribution in [3.63, 3.8) is 0 Å². The number of nitro benzene ring substituents is 1. The average Bonchev–Trinajstić information content (AvgIpc) is 3.12. The summed E-state index contributed by atoms with van der Waals surface area (Å²) in [6.07, 6.45) is 4.96. The van der Waals surface area contributed by atoms with Crippen molar-refractivity contribution in [3.8, 4) is 11.1 Å². The lowest BCUT2D eigenvalue weighted by Crippen LogP contribution is -2.25. The zero-order valence-electron chi connectivity index (χ0n) is 15.6. The van der Waals surface area contributed by atoms with E-state index in [4.69, 9.17) is 4.74 Å². The molecule has 1 aromatic carbocycles. The van der Waals surface area contributed by atoms with Gasteiger partial charge in [0.15, 0.2) is 0 Å². The molecule has 7 nitrogen and oxygen atoms in total. The quantitative estimate of drug-likeness (QED) is 0.416. The van der Waals surface area contributed by atoms with Crippen LogP contribution in [0.15, 0.2) is 29.6 Å². The van der Waals surface area contributed by atoms with Gasteiger partial charge in [-0.3, -0.25) is 14.9 Å². The van der Waals surface area contributed by atoms with Crippen LogP contribution in [0, 0.1) is 16.0 Å². The third kappa shape index (κ3) is 4.39. The van der Waals surface area contributed by atoms with Gasteiger partial charge in [0, 0.05) is 29.0 Å². The van der Waals surface area contributed by atoms with E-state index >= 15 is 0 Å². The van der Waals surface area contributed by atoms with Crippen LogP contribution in [0.3, 0.4) is 0 Å². The number of hydrogen-bond acceptors (Lipinski definition) is 6. The standard InChI is InChI=1S/C20H22N2O5S/c1-2-27-20(24)17-16(13-8-10-15(11-9-13)22(25)26)12-28-19(17)21-18(23)14-6-4-3-5-7-14/h8-12,14H,2-7H2,1H3,(H,21,23). The molecular weight excluding hydrogens is 380 g/mol. The summed E-state index contributed by atoms with van der Waals surface area (Å²) in [7, 11) is 0. The summed E-state index contributed by atoms with van der Waals surface area (Å²) in [6.45, 7) is 1.93. The summed E-state index contributed by atoms with van der Waals surface area (Å²) >= 11 is 1.26. The molecule has 0 aliphatic heterocycles. The molecule has 0 radical (unpaired) electrons. The van der Waals surface area contributed by atoms with E-state index in [1.54, 1.807) is 24.4 Å². The Morgan fingerprint density at radius 1 is 1.21 bits per heavy atom. The van der Waals surface area contributed by atoms with Gasteiger partial charge in [-0.1, -0.05) is 19.3 Å². The lowest BCUT2D eigenvalue weighted by atomic mass is 9.88. The highest BCUT2D eigenvalue weighted by molar-refractivity contribution is 7.15. The van der Waals surface area contributed by atoms with Crippen molar-refractivity contribution in [2.45, 2.75) is 39.0 Å². The van der Waals surface area contributed by atoms with E-state index in [-0.39, 0.29) is 24.1 Å². The van der Waals surface area contributed by atoms with Gasteiger partial charge in [-0.2, -0.15) is 0 Å². The number of esters is 1. The predicted octanol–water partition coefficient (Wildman–Crippen LogP) is 5.02. The minimum Gasteiger partial charge on any atom is -0.462 e. The zero-order valence-corrected chi connectivity index (χ0v) is 16.4. The number of nitro groups is 1. The predicted molar refractivity (Wildman–Crippen MR) is 108 cm³/mol. The van der Waals surface area contributed by atoms with Gasteiger partial charge in [-0.05, 0) is 37.5 Å². The molecule has 3 rings (SSSR count). The van der Waals surface area contributed by atoms with Gasteiger partial charge < -0.3 is 10.1 Å². The first kappa shape index (κ1) is 20.0. The summed E-state index contributed by atoms with van der Waals surface area (Å²) in [5.41, 5.74) is 1.52. The largest absolute Gasteiger partial charge is 0.462 e. The highest BCUT2D eigenvalue weighted by Crippen LogP contribution is 2.37. The van der Waals surface area contributed by atoms with Crippen LogP contribution in [0.2, 0.25) is 0 Å². The van der Waals surface area contributed by atoms with E-state index in [2.05, 4.69) is 5.32 Å². The molecule has 2 aromatic rings. The molecule has 0 unspecified atom stereocenters. The van der Waals surface area contributed by atoms with Crippen LogP contribution in [0.5, 0.6) is 0 Å². The minimum atomic E-state index is -0.518. The number of nitrogens with zero attached hydrogens (tertiary/aromatic N) is 1. The number of thiophene rings is 1. The van der Waals surface area contributed by atoms with Crippen molar-refractivity contribution in [3.05, 3.63) is 45.3 Å². The topological polar surface area (TPSA) is 98.5 Å². The lowest BCUT2D eigenvalue weighted by Gasteiger charge is -2.20. The molecule has 0 saturated heterocycles. The molecule has 0 atom stereocenters. The molecule has 1 N–H and O–H groups in total. The van der Waals surface area contributed by atoms with Crippen molar-refractivity contribution >= 4 is 33.9 Å². The highest BCUT2D eigenvalue weighted by atomic mass is 32.1. The van der Waals surface area contributed by atoms with Gasteiger partial charge in [-0.25, -0.2) is 4.79 Å². The molecule has 28 heavy (non-hydrogen) atoms. The second-order valence-electron chi connectivity index (χ2n) is 6.70. The van der Waals surface area contributed by atoms with E-state index in [1.165, 1.54) is 23.5 Å². The minimum absolute atomic E-state index is 0.0255. The number of carbonyl (C=O) groups is 2. The SMILES string of the molecule is CCOC(=O)c1c(-c2ccc([N+](=O)[O-])cc2)csc1NC(=O)C1CCCCC1. The number of amides is 1. The zero-order chi connectivity index (χ0) is 20.1. The van der Waals surface area contributed by atoms with Gasteiger partial charge in [0.25, 0.3) is 5.69 Å². The fourth-order valence-electron chi connectivity index (χ4n) is 3.41. The van der Waals surface area contributed by atoms with Crippen molar-refractivity contribution in [2.75, 3.05) is 11.9 Å². The van der Waals surface area contributed by atoms with E-state index in [9.17, 15) is 19.7 Å². The number of ether oxygens (including phenoxy) is 1. The number of anilines is 1. The smallest absolute Gasteiger partial charge is 0.341 e. The second-order valence-corrected chi connectivity index (χ2v) is 7.58. The molecule has 1 aliphatic carbocycles. The van der Waals surface area contributed by atoms with Crippen LogP contribution in [0.1, 0.15) is 49.4 Å². The summed E-state index contributed by atoms with van der Waals surface area (Å²) in [5, 5.41) is 16.0. The van der Waals surface area contributed by atoms with Crippen LogP contribution in [-0.4, -0.2) is 23.4 Å². The van der Waals surface area contributed by atoms with Crippen LogP contribution in [0.4, 0.5) is 10.7 Å². The Bertz CT molecular complexity index is 869. The molecule has 1 saturated carbocycles. The highest BCUT2D eigenvalue weighted by Gasteiger charge is 2.26. The normalized spacial score (nSPS) is 14.5. The molecular formula is C20H22N2O5S. The molecule has 8 heteroatoms. The monoisotopic (exact) mass is 402 g/mol. The van der Waals surface area contributed by atoms with E-state index < -0.39 is 10.9 Å². The lowest BCUT2D eigenvalue weighted by molar-refractivity contribution is -0.384. The average molecular weight is 402 g/mol. The molecule has 148 valence electrons. The first-order valence-corrected chi connectivity index (χ1v) is 10.2. The molecule has 0 spiro atoms. The number of hydrogen-bond donors (Lipinski definition) is 1. The van der Waals surface area contributed by atoms with Crippen LogP contribution < -0.4 is 5.32 Å². The summed E-state index contributed by atoms with van der Waals surface area (Å²) in [5.74, 6) is -0.618. The van der Waals surface area contributed by atoms with Crippen molar-refractivity contribution in [1.29, 1.82) is 0 Å². The van der Waals surface area contributed by atoms with Gasteiger partial charge >= 0.3 is 5.97 Å². The third-order valence-electron chi connectivity index (χ3n) is 4.87. The Kier molecular flexibility index (Phi) is 6.41. The van der Waals surface area contributed by atoms with Crippen LogP contribution >= 0.6 is 11.3 Å². The Labute approximate surface area is 166 Å². The number of carbonyl (C=O) groups excluding carboxylic acids is 2. The molecule has 1 aliphatic rings. The van der Waals surface area contributed by atoms with Gasteiger partial charge in [0.05, 0.1) is 11.5 Å². The van der Waals surface area contributed by atoms with E-state index in [0.29, 0.717) is 21.7 Å². The molecule has 1 heterocycles. The number of benzene rings is 1. The Balaban J connectivity index is 1.91. The van der Waals surface area contributed by atoms with Crippen molar-refractivity contribution in [2.24, 2.45) is 5.92 Å². The van der Waals surface area contributed by atoms with Gasteiger partial charge in [-0.15, -0.1) is 11.3 Å². The maximum absolute atomic E-state index is 12.6. The van der Waals surface area contributed by atoms with Gasteiger partial charge in [0.1, 0.15) is 10.6 Å². The van der Waals surface area contributed by atoms with E-state index in [0.717, 1.165) is 32.1 Å². The Morgan fingerprint density at radius 3 is 2.50 bits per heavy atom. The number of non-ortho nitro benzene ring substituents is 1.